The summed E-state index contributed by atoms with van der Waals surface area (Å²) in [7, 11) is 0. The third-order valence-corrected chi connectivity index (χ3v) is 4.36. The highest BCUT2D eigenvalue weighted by Crippen LogP contribution is 2.20. The number of hydrogen-bond acceptors (Lipinski definition) is 3. The Kier molecular flexibility index (Phi) is 5.59. The molecule has 1 amide bonds. The topological polar surface area (TPSA) is 41.1 Å². The molecule has 20 heavy (non-hydrogen) atoms. The first-order valence-corrected chi connectivity index (χ1v) is 7.71. The highest BCUT2D eigenvalue weighted by molar-refractivity contribution is 7.11. The van der Waals surface area contributed by atoms with Gasteiger partial charge in [0.05, 0.1) is 17.3 Å². The molecule has 5 heteroatoms. The lowest BCUT2D eigenvalue weighted by atomic mass is 10.3. The van der Waals surface area contributed by atoms with E-state index < -0.39 is 0 Å². The van der Waals surface area contributed by atoms with Gasteiger partial charge in [0.25, 0.3) is 0 Å². The molecule has 0 saturated heterocycles. The van der Waals surface area contributed by atoms with Crippen LogP contribution in [-0.2, 0) is 17.8 Å². The minimum absolute atomic E-state index is 0.0922. The van der Waals surface area contributed by atoms with Crippen LogP contribution in [0.3, 0.4) is 0 Å². The molecule has 0 bridgehead atoms. The normalized spacial score (nSPS) is 10.5. The van der Waals surface area contributed by atoms with Crippen LogP contribution in [0.4, 0.5) is 5.69 Å². The van der Waals surface area contributed by atoms with E-state index in [1.807, 2.05) is 12.1 Å². The molecule has 0 aliphatic rings. The molecule has 2 rings (SSSR count). The molecule has 0 unspecified atom stereocenters. The molecule has 0 radical (unpaired) electrons. The predicted molar refractivity (Wildman–Crippen MR) is 85.5 cm³/mol. The van der Waals surface area contributed by atoms with Gasteiger partial charge in [-0.25, -0.2) is 0 Å². The van der Waals surface area contributed by atoms with Gasteiger partial charge < -0.3 is 10.6 Å². The first-order chi connectivity index (χ1) is 9.69. The van der Waals surface area contributed by atoms with Crippen LogP contribution >= 0.6 is 22.9 Å². The Morgan fingerprint density at radius 3 is 2.65 bits per heavy atom. The zero-order valence-corrected chi connectivity index (χ0v) is 12.9. The van der Waals surface area contributed by atoms with Crippen molar-refractivity contribution in [3.05, 3.63) is 51.2 Å². The first kappa shape index (κ1) is 15.0. The van der Waals surface area contributed by atoms with Crippen molar-refractivity contribution in [2.45, 2.75) is 19.9 Å². The number of halogens is 1. The fraction of sp³-hybridized carbons (Fsp3) is 0.267. The van der Waals surface area contributed by atoms with Crippen molar-refractivity contribution >= 4 is 34.5 Å². The molecule has 0 spiro atoms. The summed E-state index contributed by atoms with van der Waals surface area (Å²) >= 11 is 7.76. The fourth-order valence-corrected chi connectivity index (χ4v) is 2.87. The van der Waals surface area contributed by atoms with Gasteiger partial charge in [0.15, 0.2) is 0 Å². The summed E-state index contributed by atoms with van der Waals surface area (Å²) in [4.78, 5) is 14.4. The van der Waals surface area contributed by atoms with Gasteiger partial charge in [0.2, 0.25) is 5.91 Å². The van der Waals surface area contributed by atoms with Crippen molar-refractivity contribution in [3.8, 4) is 0 Å². The first-order valence-electron chi connectivity index (χ1n) is 6.51. The minimum atomic E-state index is -0.0922. The zero-order chi connectivity index (χ0) is 14.4. The number of para-hydroxylation sites is 1. The van der Waals surface area contributed by atoms with E-state index in [2.05, 4.69) is 29.7 Å². The van der Waals surface area contributed by atoms with E-state index in [0.717, 1.165) is 6.42 Å². The highest BCUT2D eigenvalue weighted by atomic mass is 35.5. The number of rotatable bonds is 6. The Morgan fingerprint density at radius 1 is 1.20 bits per heavy atom. The van der Waals surface area contributed by atoms with E-state index in [-0.39, 0.29) is 12.5 Å². The Balaban J connectivity index is 1.77. The average molecular weight is 309 g/mol. The number of thiophene rings is 1. The monoisotopic (exact) mass is 308 g/mol. The summed E-state index contributed by atoms with van der Waals surface area (Å²) in [5, 5.41) is 6.46. The van der Waals surface area contributed by atoms with Crippen molar-refractivity contribution in [2.24, 2.45) is 0 Å². The van der Waals surface area contributed by atoms with Gasteiger partial charge >= 0.3 is 0 Å². The molecule has 1 aromatic heterocycles. The van der Waals surface area contributed by atoms with Crippen LogP contribution in [0.15, 0.2) is 36.4 Å². The largest absolute Gasteiger partial charge is 0.324 e. The smallest absolute Gasteiger partial charge is 0.238 e. The third kappa shape index (κ3) is 4.34. The van der Waals surface area contributed by atoms with Crippen LogP contribution in [0, 0.1) is 0 Å². The number of benzene rings is 1. The second kappa shape index (κ2) is 7.43. The Morgan fingerprint density at radius 2 is 1.95 bits per heavy atom. The second-order valence-corrected chi connectivity index (χ2v) is 6.01. The maximum Gasteiger partial charge on any atom is 0.238 e. The van der Waals surface area contributed by atoms with Gasteiger partial charge in [-0.05, 0) is 30.7 Å². The third-order valence-electron chi connectivity index (χ3n) is 2.80. The number of nitrogens with one attached hydrogen (secondary N) is 2. The van der Waals surface area contributed by atoms with E-state index in [1.54, 1.807) is 23.5 Å². The highest BCUT2D eigenvalue weighted by Gasteiger charge is 2.05. The van der Waals surface area contributed by atoms with Crippen molar-refractivity contribution in [1.82, 2.24) is 5.32 Å². The lowest BCUT2D eigenvalue weighted by Gasteiger charge is -2.07. The molecular weight excluding hydrogens is 292 g/mol. The predicted octanol–water partition coefficient (Wildman–Crippen LogP) is 3.69. The van der Waals surface area contributed by atoms with Gasteiger partial charge in [-0.1, -0.05) is 30.7 Å². The Bertz CT molecular complexity index is 583. The minimum Gasteiger partial charge on any atom is -0.324 e. The molecule has 1 aromatic carbocycles. The summed E-state index contributed by atoms with van der Waals surface area (Å²) < 4.78 is 0. The van der Waals surface area contributed by atoms with Crippen molar-refractivity contribution in [2.75, 3.05) is 11.9 Å². The van der Waals surface area contributed by atoms with Gasteiger partial charge in [-0.15, -0.1) is 11.3 Å². The molecule has 0 fully saturated rings. The lowest BCUT2D eigenvalue weighted by Crippen LogP contribution is -2.27. The van der Waals surface area contributed by atoms with Gasteiger partial charge in [-0.2, -0.15) is 0 Å². The van der Waals surface area contributed by atoms with E-state index in [1.165, 1.54) is 9.75 Å². The maximum atomic E-state index is 11.8. The Labute approximate surface area is 128 Å². The number of hydrogen-bond donors (Lipinski definition) is 2. The Hall–Kier alpha value is -1.36. The molecule has 0 saturated carbocycles. The average Bonchev–Trinajstić information content (AvgIpc) is 2.89. The van der Waals surface area contributed by atoms with E-state index >= 15 is 0 Å². The molecule has 0 atom stereocenters. The molecular formula is C15H17ClN2OS. The summed E-state index contributed by atoms with van der Waals surface area (Å²) in [6.07, 6.45) is 1.05. The van der Waals surface area contributed by atoms with Crippen LogP contribution in [0.1, 0.15) is 16.7 Å². The fourth-order valence-electron chi connectivity index (χ4n) is 1.76. The summed E-state index contributed by atoms with van der Waals surface area (Å²) in [5.41, 5.74) is 0.644. The molecule has 2 aromatic rings. The SMILES string of the molecule is CCc1ccc(CNCC(=O)Nc2ccccc2Cl)s1. The van der Waals surface area contributed by atoms with Crippen LogP contribution < -0.4 is 10.6 Å². The number of carbonyl (C=O) groups is 1. The van der Waals surface area contributed by atoms with Crippen LogP contribution in [0.2, 0.25) is 5.02 Å². The lowest BCUT2D eigenvalue weighted by molar-refractivity contribution is -0.115. The van der Waals surface area contributed by atoms with Gasteiger partial charge in [0.1, 0.15) is 0 Å². The number of amides is 1. The van der Waals surface area contributed by atoms with E-state index in [4.69, 9.17) is 11.6 Å². The van der Waals surface area contributed by atoms with Crippen molar-refractivity contribution in [1.29, 1.82) is 0 Å². The van der Waals surface area contributed by atoms with E-state index in [9.17, 15) is 4.79 Å². The molecule has 2 N–H and O–H groups in total. The molecule has 0 aliphatic carbocycles. The number of carbonyl (C=O) groups excluding carboxylic acids is 1. The van der Waals surface area contributed by atoms with E-state index in [0.29, 0.717) is 17.3 Å². The van der Waals surface area contributed by atoms with Gasteiger partial charge in [-0.3, -0.25) is 4.79 Å². The number of anilines is 1. The molecule has 3 nitrogen and oxygen atoms in total. The summed E-state index contributed by atoms with van der Waals surface area (Å²) in [6.45, 7) is 3.12. The van der Waals surface area contributed by atoms with Crippen molar-refractivity contribution in [3.63, 3.8) is 0 Å². The molecule has 106 valence electrons. The quantitative estimate of drug-likeness (QED) is 0.854. The summed E-state index contributed by atoms with van der Waals surface area (Å²) in [5.74, 6) is -0.0922. The number of aryl methyl sites for hydroxylation is 1. The second-order valence-electron chi connectivity index (χ2n) is 4.35. The summed E-state index contributed by atoms with van der Waals surface area (Å²) in [6, 6.07) is 11.4. The van der Waals surface area contributed by atoms with Crippen molar-refractivity contribution < 1.29 is 4.79 Å². The van der Waals surface area contributed by atoms with Crippen LogP contribution in [0.25, 0.3) is 0 Å². The van der Waals surface area contributed by atoms with Crippen LogP contribution in [-0.4, -0.2) is 12.5 Å². The molecule has 0 aliphatic heterocycles. The zero-order valence-electron chi connectivity index (χ0n) is 11.3. The molecule has 1 heterocycles. The van der Waals surface area contributed by atoms with Crippen LogP contribution in [0.5, 0.6) is 0 Å². The standard InChI is InChI=1S/C15H17ClN2OS/c1-2-11-7-8-12(20-11)9-17-10-15(19)18-14-6-4-3-5-13(14)16/h3-8,17H,2,9-10H2,1H3,(H,18,19). The maximum absolute atomic E-state index is 11.8. The van der Waals surface area contributed by atoms with Gasteiger partial charge in [0, 0.05) is 16.3 Å².